The number of rotatable bonds is 13. The quantitative estimate of drug-likeness (QED) is 0.310. The monoisotopic (exact) mass is 520 g/mol. The van der Waals surface area contributed by atoms with Crippen LogP contribution in [-0.2, 0) is 32.6 Å². The maximum Gasteiger partial charge on any atom is 0.243 e. The number of halogens is 2. The molecule has 3 aromatic rings. The van der Waals surface area contributed by atoms with E-state index in [2.05, 4.69) is 0 Å². The predicted molar refractivity (Wildman–Crippen MR) is 130 cm³/mol. The minimum atomic E-state index is -4.09. The second-order valence-electron chi connectivity index (χ2n) is 8.23. The molecule has 0 radical (unpaired) electrons. The van der Waals surface area contributed by atoms with E-state index in [9.17, 15) is 22.0 Å². The number of furan rings is 1. The van der Waals surface area contributed by atoms with E-state index < -0.39 is 34.1 Å². The first-order chi connectivity index (χ1) is 17.2. The molecule has 1 heterocycles. The summed E-state index contributed by atoms with van der Waals surface area (Å²) in [7, 11) is -4.09. The molecule has 0 atom stereocenters. The van der Waals surface area contributed by atoms with Crippen LogP contribution in [-0.4, -0.2) is 49.8 Å². The van der Waals surface area contributed by atoms with Gasteiger partial charge in [-0.3, -0.25) is 4.79 Å². The molecule has 7 nitrogen and oxygen atoms in total. The van der Waals surface area contributed by atoms with Crippen molar-refractivity contribution in [3.63, 3.8) is 0 Å². The van der Waals surface area contributed by atoms with E-state index in [1.807, 2.05) is 6.92 Å². The predicted octanol–water partition coefficient (Wildman–Crippen LogP) is 4.51. The topological polar surface area (TPSA) is 80.1 Å². The van der Waals surface area contributed by atoms with Crippen molar-refractivity contribution in [2.24, 2.45) is 0 Å². The molecule has 0 fully saturated rings. The lowest BCUT2D eigenvalue weighted by molar-refractivity contribution is -0.133. The Hall–Kier alpha value is -3.08. The molecule has 0 saturated carbocycles. The summed E-state index contributed by atoms with van der Waals surface area (Å²) < 4.78 is 65.5. The molecule has 0 aliphatic heterocycles. The van der Waals surface area contributed by atoms with Crippen molar-refractivity contribution in [1.29, 1.82) is 0 Å². The molecule has 0 N–H and O–H groups in total. The van der Waals surface area contributed by atoms with E-state index >= 15 is 0 Å². The lowest BCUT2D eigenvalue weighted by Gasteiger charge is -2.27. The molecular formula is C26H30F2N2O5S. The zero-order valence-electron chi connectivity index (χ0n) is 20.3. The van der Waals surface area contributed by atoms with Gasteiger partial charge in [0.2, 0.25) is 15.9 Å². The van der Waals surface area contributed by atoms with Gasteiger partial charge in [-0.05, 0) is 74.4 Å². The Morgan fingerprint density at radius 2 is 1.58 bits per heavy atom. The van der Waals surface area contributed by atoms with Crippen LogP contribution < -0.4 is 0 Å². The fraction of sp³-hybridized carbons (Fsp3) is 0.346. The summed E-state index contributed by atoms with van der Waals surface area (Å²) in [4.78, 5) is 14.8. The largest absolute Gasteiger partial charge is 0.464 e. The summed E-state index contributed by atoms with van der Waals surface area (Å²) in [6, 6.07) is 13.7. The number of nitrogens with zero attached hydrogens (tertiary/aromatic N) is 2. The Labute approximate surface area is 210 Å². The maximum atomic E-state index is 13.5. The van der Waals surface area contributed by atoms with Crippen molar-refractivity contribution < 1.29 is 31.1 Å². The van der Waals surface area contributed by atoms with Gasteiger partial charge in [-0.15, -0.1) is 0 Å². The highest BCUT2D eigenvalue weighted by atomic mass is 32.2. The van der Waals surface area contributed by atoms with Gasteiger partial charge in [-0.25, -0.2) is 17.2 Å². The molecule has 1 amide bonds. The van der Waals surface area contributed by atoms with Gasteiger partial charge in [-0.1, -0.05) is 12.1 Å². The Bertz CT molecular complexity index is 1230. The molecular weight excluding hydrogens is 490 g/mol. The van der Waals surface area contributed by atoms with E-state index in [1.165, 1.54) is 29.2 Å². The van der Waals surface area contributed by atoms with Crippen LogP contribution in [0.4, 0.5) is 8.78 Å². The molecule has 3 rings (SSSR count). The van der Waals surface area contributed by atoms with Gasteiger partial charge in [0.05, 0.1) is 18.0 Å². The number of carbonyl (C=O) groups is 1. The third kappa shape index (κ3) is 7.71. The first-order valence-corrected chi connectivity index (χ1v) is 13.0. The Kier molecular flexibility index (Phi) is 9.74. The van der Waals surface area contributed by atoms with E-state index in [-0.39, 0.29) is 24.5 Å². The van der Waals surface area contributed by atoms with Crippen molar-refractivity contribution in [2.45, 2.75) is 38.3 Å². The highest BCUT2D eigenvalue weighted by molar-refractivity contribution is 7.89. The minimum Gasteiger partial charge on any atom is -0.464 e. The highest BCUT2D eigenvalue weighted by Crippen LogP contribution is 2.19. The SMILES string of the molecule is CCOCCCN(CC(=O)N(Cc1ccc(F)cc1)Cc1ccc(C)o1)S(=O)(=O)c1ccc(F)cc1. The fourth-order valence-corrected chi connectivity index (χ4v) is 5.01. The van der Waals surface area contributed by atoms with E-state index in [4.69, 9.17) is 9.15 Å². The van der Waals surface area contributed by atoms with Gasteiger partial charge in [0.15, 0.2) is 0 Å². The zero-order valence-corrected chi connectivity index (χ0v) is 21.1. The molecule has 0 spiro atoms. The van der Waals surface area contributed by atoms with Crippen LogP contribution in [0.5, 0.6) is 0 Å². The number of carbonyl (C=O) groups excluding carboxylic acids is 1. The van der Waals surface area contributed by atoms with Crippen LogP contribution in [0.3, 0.4) is 0 Å². The lowest BCUT2D eigenvalue weighted by Crippen LogP contribution is -2.43. The normalized spacial score (nSPS) is 11.7. The molecule has 0 aliphatic rings. The summed E-state index contributed by atoms with van der Waals surface area (Å²) in [6.45, 7) is 4.26. The number of aryl methyl sites for hydroxylation is 1. The van der Waals surface area contributed by atoms with Crippen LogP contribution in [0.15, 0.2) is 70.0 Å². The third-order valence-electron chi connectivity index (χ3n) is 5.45. The molecule has 0 bridgehead atoms. The van der Waals surface area contributed by atoms with Crippen LogP contribution in [0.25, 0.3) is 0 Å². The summed E-state index contributed by atoms with van der Waals surface area (Å²) in [5.41, 5.74) is 0.678. The van der Waals surface area contributed by atoms with Gasteiger partial charge in [0, 0.05) is 26.3 Å². The maximum absolute atomic E-state index is 13.5. The van der Waals surface area contributed by atoms with E-state index in [0.29, 0.717) is 36.7 Å². The van der Waals surface area contributed by atoms with E-state index in [0.717, 1.165) is 16.4 Å². The summed E-state index contributed by atoms with van der Waals surface area (Å²) >= 11 is 0. The number of amides is 1. The molecule has 0 aliphatic carbocycles. The molecule has 0 unspecified atom stereocenters. The van der Waals surface area contributed by atoms with Gasteiger partial charge in [0.25, 0.3) is 0 Å². The zero-order chi connectivity index (χ0) is 26.1. The second-order valence-corrected chi connectivity index (χ2v) is 10.2. The third-order valence-corrected chi connectivity index (χ3v) is 7.30. The van der Waals surface area contributed by atoms with Crippen LogP contribution in [0, 0.1) is 18.6 Å². The summed E-state index contributed by atoms with van der Waals surface area (Å²) in [5.74, 6) is -0.213. The fourth-order valence-electron chi connectivity index (χ4n) is 3.58. The van der Waals surface area contributed by atoms with Gasteiger partial charge >= 0.3 is 0 Å². The van der Waals surface area contributed by atoms with Crippen molar-refractivity contribution >= 4 is 15.9 Å². The van der Waals surface area contributed by atoms with Crippen molar-refractivity contribution in [3.8, 4) is 0 Å². The van der Waals surface area contributed by atoms with Crippen molar-refractivity contribution in [2.75, 3.05) is 26.3 Å². The Morgan fingerprint density at radius 3 is 2.17 bits per heavy atom. The molecule has 194 valence electrons. The van der Waals surface area contributed by atoms with E-state index in [1.54, 1.807) is 31.2 Å². The molecule has 0 saturated heterocycles. The van der Waals surface area contributed by atoms with Crippen molar-refractivity contribution in [3.05, 3.63) is 89.4 Å². The summed E-state index contributed by atoms with van der Waals surface area (Å²) in [6.07, 6.45) is 0.372. The molecule has 1 aromatic heterocycles. The van der Waals surface area contributed by atoms with Gasteiger partial charge < -0.3 is 14.1 Å². The Balaban J connectivity index is 1.85. The molecule has 10 heteroatoms. The average molecular weight is 521 g/mol. The minimum absolute atomic E-state index is 0.0374. The van der Waals surface area contributed by atoms with Crippen molar-refractivity contribution in [1.82, 2.24) is 9.21 Å². The summed E-state index contributed by atoms with van der Waals surface area (Å²) in [5, 5.41) is 0. The smallest absolute Gasteiger partial charge is 0.243 e. The number of ether oxygens (including phenoxy) is 1. The number of hydrogen-bond acceptors (Lipinski definition) is 5. The van der Waals surface area contributed by atoms with Gasteiger partial charge in [-0.2, -0.15) is 4.31 Å². The number of hydrogen-bond donors (Lipinski definition) is 0. The first-order valence-electron chi connectivity index (χ1n) is 11.6. The lowest BCUT2D eigenvalue weighted by atomic mass is 10.2. The van der Waals surface area contributed by atoms with Crippen LogP contribution >= 0.6 is 0 Å². The molecule has 36 heavy (non-hydrogen) atoms. The van der Waals surface area contributed by atoms with Crippen LogP contribution in [0.2, 0.25) is 0 Å². The Morgan fingerprint density at radius 1 is 0.944 bits per heavy atom. The standard InChI is InChI=1S/C26H30F2N2O5S/c1-3-34-16-4-15-30(36(32,33)25-13-10-23(28)11-14-25)19-26(31)29(18-24-12-5-20(2)35-24)17-21-6-8-22(27)9-7-21/h5-14H,3-4,15-19H2,1-2H3. The average Bonchev–Trinajstić information content (AvgIpc) is 3.26. The molecule has 2 aromatic carbocycles. The number of sulfonamides is 1. The number of benzene rings is 2. The van der Waals surface area contributed by atoms with Gasteiger partial charge in [0.1, 0.15) is 23.2 Å². The second kappa shape index (κ2) is 12.8. The van der Waals surface area contributed by atoms with Crippen LogP contribution in [0.1, 0.15) is 30.4 Å². The first kappa shape index (κ1) is 27.5. The highest BCUT2D eigenvalue weighted by Gasteiger charge is 2.29.